The van der Waals surface area contributed by atoms with E-state index in [9.17, 15) is 9.59 Å². The van der Waals surface area contributed by atoms with Crippen LogP contribution in [0.5, 0.6) is 0 Å². The molecular weight excluding hydrogens is 258 g/mol. The van der Waals surface area contributed by atoms with Crippen molar-refractivity contribution in [3.8, 4) is 0 Å². The van der Waals surface area contributed by atoms with E-state index in [4.69, 9.17) is 9.68 Å². The zero-order chi connectivity index (χ0) is 14.8. The minimum atomic E-state index is -0.614. The third-order valence-electron chi connectivity index (χ3n) is 2.14. The van der Waals surface area contributed by atoms with E-state index in [1.165, 1.54) is 24.3 Å². The number of rotatable bonds is 6. The molecule has 0 radical (unpaired) electrons. The number of hydrogen-bond donors (Lipinski definition) is 0. The standard InChI is InChI=1S/C15H17NO4/c1-3-8-14(17)19-16(20-15(18)9-4-2)12-13-10-6-5-7-11-13/h3-11H,12H2,1-2H3/b8-3+,9-4+. The molecule has 0 atom stereocenters. The lowest BCUT2D eigenvalue weighted by atomic mass is 10.2. The Bertz CT molecular complexity index is 468. The summed E-state index contributed by atoms with van der Waals surface area (Å²) in [6.45, 7) is 3.52. The van der Waals surface area contributed by atoms with E-state index in [1.807, 2.05) is 30.3 Å². The highest BCUT2D eigenvalue weighted by atomic mass is 17.0. The lowest BCUT2D eigenvalue weighted by Gasteiger charge is -2.18. The molecule has 0 aliphatic carbocycles. The number of nitrogens with zero attached hydrogens (tertiary/aromatic N) is 1. The molecule has 5 nitrogen and oxygen atoms in total. The molecule has 0 bridgehead atoms. The lowest BCUT2D eigenvalue weighted by molar-refractivity contribution is -0.326. The van der Waals surface area contributed by atoms with E-state index in [2.05, 4.69) is 0 Å². The van der Waals surface area contributed by atoms with Gasteiger partial charge in [0.05, 0.1) is 6.54 Å². The van der Waals surface area contributed by atoms with Crippen LogP contribution >= 0.6 is 0 Å². The highest BCUT2D eigenvalue weighted by Crippen LogP contribution is 2.07. The molecule has 1 aromatic carbocycles. The quantitative estimate of drug-likeness (QED) is 0.590. The molecule has 0 aliphatic heterocycles. The summed E-state index contributed by atoms with van der Waals surface area (Å²) in [7, 11) is 0. The minimum absolute atomic E-state index is 0.146. The Kier molecular flexibility index (Phi) is 6.78. The van der Waals surface area contributed by atoms with Gasteiger partial charge in [0.15, 0.2) is 0 Å². The highest BCUT2D eigenvalue weighted by molar-refractivity contribution is 5.82. The molecule has 0 aromatic heterocycles. The maximum absolute atomic E-state index is 11.4. The Morgan fingerprint density at radius 1 is 1.00 bits per heavy atom. The van der Waals surface area contributed by atoms with Crippen molar-refractivity contribution in [2.75, 3.05) is 0 Å². The van der Waals surface area contributed by atoms with Crippen LogP contribution in [0.15, 0.2) is 54.6 Å². The Morgan fingerprint density at radius 2 is 1.50 bits per heavy atom. The number of allylic oxidation sites excluding steroid dienone is 2. The van der Waals surface area contributed by atoms with Gasteiger partial charge in [-0.05, 0) is 19.4 Å². The average molecular weight is 275 g/mol. The van der Waals surface area contributed by atoms with Crippen LogP contribution in [0.4, 0.5) is 0 Å². The third kappa shape index (κ3) is 5.97. The molecule has 1 rings (SSSR count). The predicted octanol–water partition coefficient (Wildman–Crippen LogP) is 2.56. The van der Waals surface area contributed by atoms with Crippen LogP contribution in [0.25, 0.3) is 0 Å². The van der Waals surface area contributed by atoms with Gasteiger partial charge in [0.2, 0.25) is 0 Å². The van der Waals surface area contributed by atoms with Gasteiger partial charge in [0.25, 0.3) is 0 Å². The Morgan fingerprint density at radius 3 is 1.95 bits per heavy atom. The Balaban J connectivity index is 2.72. The predicted molar refractivity (Wildman–Crippen MR) is 73.8 cm³/mol. The summed E-state index contributed by atoms with van der Waals surface area (Å²) in [5.41, 5.74) is 0.842. The van der Waals surface area contributed by atoms with Crippen molar-refractivity contribution >= 4 is 11.9 Å². The van der Waals surface area contributed by atoms with Gasteiger partial charge in [-0.2, -0.15) is 0 Å². The fourth-order valence-electron chi connectivity index (χ4n) is 1.35. The molecule has 0 fully saturated rings. The van der Waals surface area contributed by atoms with Crippen LogP contribution < -0.4 is 0 Å². The van der Waals surface area contributed by atoms with Crippen LogP contribution in [0.2, 0.25) is 0 Å². The summed E-state index contributed by atoms with van der Waals surface area (Å²) in [4.78, 5) is 32.7. The fraction of sp³-hybridized carbons (Fsp3) is 0.200. The molecule has 0 unspecified atom stereocenters. The van der Waals surface area contributed by atoms with E-state index >= 15 is 0 Å². The molecule has 1 aromatic rings. The first-order valence-electron chi connectivity index (χ1n) is 6.16. The van der Waals surface area contributed by atoms with Crippen molar-refractivity contribution in [3.05, 3.63) is 60.2 Å². The summed E-state index contributed by atoms with van der Waals surface area (Å²) >= 11 is 0. The van der Waals surface area contributed by atoms with E-state index in [-0.39, 0.29) is 6.54 Å². The van der Waals surface area contributed by atoms with Crippen molar-refractivity contribution in [3.63, 3.8) is 0 Å². The molecular formula is C15H17NO4. The van der Waals surface area contributed by atoms with Crippen LogP contribution in [-0.2, 0) is 25.8 Å². The maximum atomic E-state index is 11.4. The topological polar surface area (TPSA) is 55.8 Å². The van der Waals surface area contributed by atoms with Gasteiger partial charge in [0.1, 0.15) is 0 Å². The molecule has 20 heavy (non-hydrogen) atoms. The summed E-state index contributed by atoms with van der Waals surface area (Å²) in [6.07, 6.45) is 5.55. The summed E-state index contributed by atoms with van der Waals surface area (Å²) in [6, 6.07) is 9.22. The van der Waals surface area contributed by atoms with Crippen LogP contribution in [0.3, 0.4) is 0 Å². The second-order valence-electron chi connectivity index (χ2n) is 3.80. The zero-order valence-electron chi connectivity index (χ0n) is 11.5. The van der Waals surface area contributed by atoms with Crippen molar-refractivity contribution in [1.82, 2.24) is 5.23 Å². The maximum Gasteiger partial charge on any atom is 0.353 e. The van der Waals surface area contributed by atoms with Crippen molar-refractivity contribution in [1.29, 1.82) is 0 Å². The molecule has 0 N–H and O–H groups in total. The van der Waals surface area contributed by atoms with Gasteiger partial charge < -0.3 is 9.68 Å². The Hall–Kier alpha value is -2.40. The number of carbonyl (C=O) groups is 2. The van der Waals surface area contributed by atoms with Crippen molar-refractivity contribution in [2.24, 2.45) is 0 Å². The number of hydrogen-bond acceptors (Lipinski definition) is 5. The molecule has 0 amide bonds. The summed E-state index contributed by atoms with van der Waals surface area (Å²) < 4.78 is 0. The first-order valence-corrected chi connectivity index (χ1v) is 6.16. The first kappa shape index (κ1) is 15.7. The zero-order valence-corrected chi connectivity index (χ0v) is 11.5. The van der Waals surface area contributed by atoms with Crippen LogP contribution in [-0.4, -0.2) is 17.2 Å². The monoisotopic (exact) mass is 275 g/mol. The van der Waals surface area contributed by atoms with E-state index in [1.54, 1.807) is 13.8 Å². The minimum Gasteiger partial charge on any atom is -0.329 e. The highest BCUT2D eigenvalue weighted by Gasteiger charge is 2.15. The van der Waals surface area contributed by atoms with Crippen molar-refractivity contribution in [2.45, 2.75) is 20.4 Å². The van der Waals surface area contributed by atoms with Gasteiger partial charge in [-0.3, -0.25) is 0 Å². The molecule has 0 saturated heterocycles. The SMILES string of the molecule is C/C=C/C(=O)ON(Cc1ccccc1)OC(=O)/C=C/C. The number of hydroxylamine groups is 2. The van der Waals surface area contributed by atoms with Gasteiger partial charge in [-0.15, -0.1) is 0 Å². The van der Waals surface area contributed by atoms with E-state index < -0.39 is 11.9 Å². The van der Waals surface area contributed by atoms with Gasteiger partial charge in [-0.1, -0.05) is 42.5 Å². The van der Waals surface area contributed by atoms with E-state index in [0.29, 0.717) is 0 Å². The third-order valence-corrected chi connectivity index (χ3v) is 2.14. The Labute approximate surface area is 118 Å². The first-order chi connectivity index (χ1) is 9.65. The molecule has 0 spiro atoms. The van der Waals surface area contributed by atoms with Gasteiger partial charge in [-0.25, -0.2) is 9.59 Å². The number of carbonyl (C=O) groups excluding carboxylic acids is 2. The molecule has 0 heterocycles. The van der Waals surface area contributed by atoms with Gasteiger partial charge >= 0.3 is 11.9 Å². The van der Waals surface area contributed by atoms with Gasteiger partial charge in [0, 0.05) is 17.4 Å². The summed E-state index contributed by atoms with van der Waals surface area (Å²) in [5.74, 6) is -1.23. The van der Waals surface area contributed by atoms with Crippen LogP contribution in [0.1, 0.15) is 19.4 Å². The number of benzene rings is 1. The normalized spacial score (nSPS) is 11.2. The molecule has 106 valence electrons. The summed E-state index contributed by atoms with van der Waals surface area (Å²) in [5, 5.41) is 0.861. The molecule has 0 saturated carbocycles. The van der Waals surface area contributed by atoms with Crippen LogP contribution in [0, 0.1) is 0 Å². The molecule has 0 aliphatic rings. The second-order valence-corrected chi connectivity index (χ2v) is 3.80. The van der Waals surface area contributed by atoms with E-state index in [0.717, 1.165) is 10.8 Å². The molecule has 5 heteroatoms. The lowest BCUT2D eigenvalue weighted by Crippen LogP contribution is -2.29. The van der Waals surface area contributed by atoms with Crippen molar-refractivity contribution < 1.29 is 19.3 Å². The second kappa shape index (κ2) is 8.66. The largest absolute Gasteiger partial charge is 0.353 e. The smallest absolute Gasteiger partial charge is 0.329 e. The average Bonchev–Trinajstić information content (AvgIpc) is 2.40. The fourth-order valence-corrected chi connectivity index (χ4v) is 1.35.